The Hall–Kier alpha value is -1.16. The number of carboxylic acid groups (broad SMARTS) is 1. The highest BCUT2D eigenvalue weighted by Gasteiger charge is 1.97. The molecule has 0 radical (unpaired) electrons. The van der Waals surface area contributed by atoms with Crippen LogP contribution < -0.4 is 0 Å². The average Bonchev–Trinajstić information content (AvgIpc) is 2.15. The molecular weight excluding hydrogens is 200 g/mol. The van der Waals surface area contributed by atoms with E-state index >= 15 is 0 Å². The molecule has 2 N–H and O–H groups in total. The Kier molecular flexibility index (Phi) is 4.32. The molecular formula is C10H12O3S. The van der Waals surface area contributed by atoms with Gasteiger partial charge in [-0.15, -0.1) is 0 Å². The molecule has 0 atom stereocenters. The second kappa shape index (κ2) is 5.54. The zero-order valence-electron chi connectivity index (χ0n) is 7.64. The van der Waals surface area contributed by atoms with Crippen LogP contribution >= 0.6 is 11.8 Å². The molecule has 0 saturated carbocycles. The summed E-state index contributed by atoms with van der Waals surface area (Å²) in [6.07, 6.45) is 0.197. The molecule has 0 aliphatic rings. The summed E-state index contributed by atoms with van der Waals surface area (Å²) in [6.45, 7) is 0. The number of hydrogen-bond donors (Lipinski definition) is 2. The fourth-order valence-corrected chi connectivity index (χ4v) is 1.83. The number of aliphatic carboxylic acids is 1. The van der Waals surface area contributed by atoms with E-state index in [1.54, 1.807) is 23.9 Å². The van der Waals surface area contributed by atoms with Gasteiger partial charge in [0.1, 0.15) is 5.75 Å². The summed E-state index contributed by atoms with van der Waals surface area (Å²) in [4.78, 5) is 10.2. The maximum Gasteiger partial charge on any atom is 0.304 e. The summed E-state index contributed by atoms with van der Waals surface area (Å²) >= 11 is 1.58. The van der Waals surface area contributed by atoms with E-state index in [0.717, 1.165) is 11.3 Å². The summed E-state index contributed by atoms with van der Waals surface area (Å²) in [5, 5.41) is 17.4. The van der Waals surface area contributed by atoms with Gasteiger partial charge in [0.2, 0.25) is 0 Å². The molecule has 1 rings (SSSR count). The Morgan fingerprint density at radius 2 is 1.93 bits per heavy atom. The van der Waals surface area contributed by atoms with Crippen LogP contribution in [0.5, 0.6) is 5.75 Å². The van der Waals surface area contributed by atoms with Crippen LogP contribution in [0.3, 0.4) is 0 Å². The molecule has 0 aliphatic heterocycles. The molecule has 0 aromatic heterocycles. The van der Waals surface area contributed by atoms with Crippen LogP contribution in [-0.4, -0.2) is 21.9 Å². The number of phenols is 1. The highest BCUT2D eigenvalue weighted by Crippen LogP contribution is 2.16. The molecule has 14 heavy (non-hydrogen) atoms. The number of carboxylic acids is 1. The number of aromatic hydroxyl groups is 1. The molecule has 1 aromatic carbocycles. The second-order valence-electron chi connectivity index (χ2n) is 2.86. The lowest BCUT2D eigenvalue weighted by Gasteiger charge is -2.00. The molecule has 4 heteroatoms. The van der Waals surface area contributed by atoms with Gasteiger partial charge in [0.15, 0.2) is 0 Å². The molecule has 3 nitrogen and oxygen atoms in total. The Balaban J connectivity index is 2.25. The van der Waals surface area contributed by atoms with Gasteiger partial charge in [-0.3, -0.25) is 4.79 Å². The van der Waals surface area contributed by atoms with Crippen molar-refractivity contribution in [1.29, 1.82) is 0 Å². The summed E-state index contributed by atoms with van der Waals surface area (Å²) < 4.78 is 0. The number of benzene rings is 1. The van der Waals surface area contributed by atoms with Crippen molar-refractivity contribution in [2.24, 2.45) is 0 Å². The lowest BCUT2D eigenvalue weighted by atomic mass is 10.2. The molecule has 0 fully saturated rings. The topological polar surface area (TPSA) is 57.5 Å². The standard InChI is InChI=1S/C10H12O3S/c11-9-3-1-8(2-4-9)7-14-6-5-10(12)13/h1-4,11H,5-7H2,(H,12,13). The Bertz CT molecular complexity index is 295. The molecule has 0 heterocycles. The van der Waals surface area contributed by atoms with Crippen LogP contribution in [0.15, 0.2) is 24.3 Å². The minimum atomic E-state index is -0.761. The number of phenolic OH excluding ortho intramolecular Hbond substituents is 1. The van der Waals surface area contributed by atoms with Crippen molar-refractivity contribution in [2.75, 3.05) is 5.75 Å². The van der Waals surface area contributed by atoms with Crippen molar-refractivity contribution >= 4 is 17.7 Å². The molecule has 0 aliphatic carbocycles. The number of rotatable bonds is 5. The molecule has 0 saturated heterocycles. The van der Waals surface area contributed by atoms with Crippen molar-refractivity contribution in [3.63, 3.8) is 0 Å². The molecule has 0 amide bonds. The first-order valence-electron chi connectivity index (χ1n) is 4.26. The van der Waals surface area contributed by atoms with Gasteiger partial charge in [0.25, 0.3) is 0 Å². The van der Waals surface area contributed by atoms with E-state index in [-0.39, 0.29) is 12.2 Å². The van der Waals surface area contributed by atoms with Gasteiger partial charge in [-0.05, 0) is 17.7 Å². The highest BCUT2D eigenvalue weighted by molar-refractivity contribution is 7.98. The average molecular weight is 212 g/mol. The maximum atomic E-state index is 10.2. The van der Waals surface area contributed by atoms with Crippen LogP contribution in [-0.2, 0) is 10.5 Å². The normalized spacial score (nSPS) is 10.0. The van der Waals surface area contributed by atoms with Crippen molar-refractivity contribution in [3.05, 3.63) is 29.8 Å². The largest absolute Gasteiger partial charge is 0.508 e. The first kappa shape index (κ1) is 10.9. The number of carbonyl (C=O) groups is 1. The molecule has 0 bridgehead atoms. The van der Waals surface area contributed by atoms with Gasteiger partial charge >= 0.3 is 5.97 Å². The van der Waals surface area contributed by atoms with E-state index in [4.69, 9.17) is 10.2 Å². The third-order valence-corrected chi connectivity index (χ3v) is 2.70. The van der Waals surface area contributed by atoms with E-state index in [1.165, 1.54) is 0 Å². The molecule has 76 valence electrons. The van der Waals surface area contributed by atoms with Gasteiger partial charge in [0, 0.05) is 11.5 Å². The molecule has 1 aromatic rings. The van der Waals surface area contributed by atoms with E-state index in [9.17, 15) is 4.79 Å². The third-order valence-electron chi connectivity index (χ3n) is 1.67. The van der Waals surface area contributed by atoms with E-state index in [2.05, 4.69) is 0 Å². The van der Waals surface area contributed by atoms with Crippen LogP contribution in [0.2, 0.25) is 0 Å². The predicted octanol–water partition coefficient (Wildman–Crippen LogP) is 2.10. The SMILES string of the molecule is O=C(O)CCSCc1ccc(O)cc1. The number of hydrogen-bond acceptors (Lipinski definition) is 3. The van der Waals surface area contributed by atoms with E-state index in [1.807, 2.05) is 12.1 Å². The van der Waals surface area contributed by atoms with Crippen molar-refractivity contribution in [3.8, 4) is 5.75 Å². The zero-order valence-corrected chi connectivity index (χ0v) is 8.46. The van der Waals surface area contributed by atoms with Crippen LogP contribution in [0.25, 0.3) is 0 Å². The fraction of sp³-hybridized carbons (Fsp3) is 0.300. The minimum absolute atomic E-state index is 0.197. The fourth-order valence-electron chi connectivity index (χ4n) is 0.942. The maximum absolute atomic E-state index is 10.2. The predicted molar refractivity (Wildman–Crippen MR) is 56.5 cm³/mol. The van der Waals surface area contributed by atoms with E-state index in [0.29, 0.717) is 5.75 Å². The quantitative estimate of drug-likeness (QED) is 0.734. The zero-order chi connectivity index (χ0) is 10.4. The Morgan fingerprint density at radius 1 is 1.29 bits per heavy atom. The lowest BCUT2D eigenvalue weighted by molar-refractivity contribution is -0.136. The first-order valence-corrected chi connectivity index (χ1v) is 5.41. The Labute approximate surface area is 86.8 Å². The van der Waals surface area contributed by atoms with Gasteiger partial charge in [-0.1, -0.05) is 12.1 Å². The lowest BCUT2D eigenvalue weighted by Crippen LogP contribution is -1.96. The smallest absolute Gasteiger partial charge is 0.304 e. The van der Waals surface area contributed by atoms with Crippen LogP contribution in [0, 0.1) is 0 Å². The second-order valence-corrected chi connectivity index (χ2v) is 3.97. The minimum Gasteiger partial charge on any atom is -0.508 e. The third kappa shape index (κ3) is 4.18. The van der Waals surface area contributed by atoms with Crippen LogP contribution in [0.4, 0.5) is 0 Å². The van der Waals surface area contributed by atoms with E-state index < -0.39 is 5.97 Å². The summed E-state index contributed by atoms with van der Waals surface area (Å²) in [7, 11) is 0. The summed E-state index contributed by atoms with van der Waals surface area (Å²) in [6, 6.07) is 6.94. The van der Waals surface area contributed by atoms with Crippen molar-refractivity contribution in [1.82, 2.24) is 0 Å². The van der Waals surface area contributed by atoms with Gasteiger partial charge in [-0.2, -0.15) is 11.8 Å². The van der Waals surface area contributed by atoms with Crippen LogP contribution in [0.1, 0.15) is 12.0 Å². The van der Waals surface area contributed by atoms with Gasteiger partial charge in [-0.25, -0.2) is 0 Å². The van der Waals surface area contributed by atoms with Crippen molar-refractivity contribution in [2.45, 2.75) is 12.2 Å². The monoisotopic (exact) mass is 212 g/mol. The van der Waals surface area contributed by atoms with Gasteiger partial charge < -0.3 is 10.2 Å². The Morgan fingerprint density at radius 3 is 2.50 bits per heavy atom. The highest BCUT2D eigenvalue weighted by atomic mass is 32.2. The molecule has 0 unspecified atom stereocenters. The first-order chi connectivity index (χ1) is 6.68. The van der Waals surface area contributed by atoms with Gasteiger partial charge in [0.05, 0.1) is 6.42 Å². The summed E-state index contributed by atoms with van der Waals surface area (Å²) in [5.41, 5.74) is 1.10. The molecule has 0 spiro atoms. The summed E-state index contributed by atoms with van der Waals surface area (Å²) in [5.74, 6) is 0.900. The van der Waals surface area contributed by atoms with Crippen molar-refractivity contribution < 1.29 is 15.0 Å². The number of thioether (sulfide) groups is 1.